The number of nitrogens with zero attached hydrogens (tertiary/aromatic N) is 2. The summed E-state index contributed by atoms with van der Waals surface area (Å²) in [5.74, 6) is 1.12. The van der Waals surface area contributed by atoms with Crippen molar-refractivity contribution in [3.63, 3.8) is 0 Å². The zero-order valence-electron chi connectivity index (χ0n) is 17.3. The van der Waals surface area contributed by atoms with E-state index in [1.807, 2.05) is 6.07 Å². The van der Waals surface area contributed by atoms with Gasteiger partial charge < -0.3 is 14.8 Å². The molecule has 31 heavy (non-hydrogen) atoms. The predicted molar refractivity (Wildman–Crippen MR) is 114 cm³/mol. The number of nitriles is 1. The molecule has 0 aliphatic carbocycles. The molecule has 164 valence electrons. The number of carbonyl (C=O) groups is 1. The van der Waals surface area contributed by atoms with Crippen molar-refractivity contribution in [3.05, 3.63) is 54.1 Å². The third-order valence-corrected chi connectivity index (χ3v) is 7.09. The molecule has 1 N–H and O–H groups in total. The van der Waals surface area contributed by atoms with Gasteiger partial charge in [-0.25, -0.2) is 8.42 Å². The van der Waals surface area contributed by atoms with Gasteiger partial charge in [-0.15, -0.1) is 0 Å². The van der Waals surface area contributed by atoms with Crippen molar-refractivity contribution < 1.29 is 22.7 Å². The topological polar surface area (TPSA) is 109 Å². The van der Waals surface area contributed by atoms with Crippen molar-refractivity contribution in [2.75, 3.05) is 33.4 Å². The number of rotatable bonds is 8. The van der Waals surface area contributed by atoms with E-state index in [-0.39, 0.29) is 29.8 Å². The molecular weight excluding hydrogens is 418 g/mol. The molecule has 1 saturated heterocycles. The molecule has 1 aliphatic heterocycles. The molecule has 0 saturated carbocycles. The summed E-state index contributed by atoms with van der Waals surface area (Å²) in [4.78, 5) is 12.6. The first-order valence-corrected chi connectivity index (χ1v) is 11.4. The summed E-state index contributed by atoms with van der Waals surface area (Å²) in [6.45, 7) is 1.27. The molecule has 8 nitrogen and oxygen atoms in total. The number of carbonyl (C=O) groups excluding carboxylic acids is 1. The summed E-state index contributed by atoms with van der Waals surface area (Å²) in [7, 11) is -2.03. The lowest BCUT2D eigenvalue weighted by Crippen LogP contribution is -2.43. The summed E-state index contributed by atoms with van der Waals surface area (Å²) in [6, 6.07) is 15.0. The number of sulfonamides is 1. The number of methoxy groups -OCH3 is 1. The first-order valence-electron chi connectivity index (χ1n) is 9.99. The van der Waals surface area contributed by atoms with E-state index in [9.17, 15) is 13.2 Å². The van der Waals surface area contributed by atoms with Gasteiger partial charge in [0.05, 0.1) is 30.2 Å². The second-order valence-electron chi connectivity index (χ2n) is 7.13. The number of ether oxygens (including phenoxy) is 2. The number of hydrogen-bond acceptors (Lipinski definition) is 6. The number of piperidine rings is 1. The van der Waals surface area contributed by atoms with Crippen LogP contribution in [0.2, 0.25) is 0 Å². The summed E-state index contributed by atoms with van der Waals surface area (Å²) >= 11 is 0. The standard InChI is InChI=1S/C22H25N3O5S/c1-29-19-4-6-20(7-5-19)30-15-12-24-22(26)18-10-13-25(14-11-18)31(27,28)21-8-2-17(16-23)3-9-21/h2-9,18H,10-15H2,1H3,(H,24,26). The molecule has 0 radical (unpaired) electrons. The molecule has 2 aromatic carbocycles. The van der Waals surface area contributed by atoms with Gasteiger partial charge >= 0.3 is 0 Å². The van der Waals surface area contributed by atoms with Crippen LogP contribution in [0.4, 0.5) is 0 Å². The van der Waals surface area contributed by atoms with E-state index in [1.54, 1.807) is 31.4 Å². The van der Waals surface area contributed by atoms with Crippen LogP contribution in [0.1, 0.15) is 18.4 Å². The Balaban J connectivity index is 1.43. The first-order chi connectivity index (χ1) is 14.9. The maximum atomic E-state index is 12.8. The Morgan fingerprint density at radius 1 is 1.10 bits per heavy atom. The normalized spacial score (nSPS) is 15.1. The largest absolute Gasteiger partial charge is 0.497 e. The third-order valence-electron chi connectivity index (χ3n) is 5.18. The van der Waals surface area contributed by atoms with E-state index in [0.29, 0.717) is 37.3 Å². The monoisotopic (exact) mass is 443 g/mol. The molecule has 9 heteroatoms. The zero-order valence-corrected chi connectivity index (χ0v) is 18.1. The van der Waals surface area contributed by atoms with Crippen LogP contribution in [0.3, 0.4) is 0 Å². The lowest BCUT2D eigenvalue weighted by Gasteiger charge is -2.30. The van der Waals surface area contributed by atoms with E-state index in [4.69, 9.17) is 14.7 Å². The maximum Gasteiger partial charge on any atom is 0.243 e. The van der Waals surface area contributed by atoms with Crippen LogP contribution >= 0.6 is 0 Å². The van der Waals surface area contributed by atoms with Crippen molar-refractivity contribution in [1.29, 1.82) is 5.26 Å². The summed E-state index contributed by atoms with van der Waals surface area (Å²) in [6.07, 6.45) is 0.918. The zero-order chi connectivity index (χ0) is 22.3. The Bertz CT molecular complexity index is 1020. The molecule has 0 aromatic heterocycles. The van der Waals surface area contributed by atoms with Crippen LogP contribution in [0.15, 0.2) is 53.4 Å². The van der Waals surface area contributed by atoms with Gasteiger partial charge in [-0.3, -0.25) is 4.79 Å². The summed E-state index contributed by atoms with van der Waals surface area (Å²) in [5, 5.41) is 11.7. The van der Waals surface area contributed by atoms with Crippen LogP contribution in [-0.2, 0) is 14.8 Å². The molecule has 1 fully saturated rings. The quantitative estimate of drug-likeness (QED) is 0.627. The average Bonchev–Trinajstić information content (AvgIpc) is 2.82. The minimum absolute atomic E-state index is 0.0891. The van der Waals surface area contributed by atoms with Crippen molar-refractivity contribution in [1.82, 2.24) is 9.62 Å². The molecule has 2 aromatic rings. The highest BCUT2D eigenvalue weighted by atomic mass is 32.2. The van der Waals surface area contributed by atoms with Crippen molar-refractivity contribution in [3.8, 4) is 17.6 Å². The average molecular weight is 444 g/mol. The molecule has 0 spiro atoms. The molecule has 1 aliphatic rings. The minimum Gasteiger partial charge on any atom is -0.497 e. The Hall–Kier alpha value is -3.09. The lowest BCUT2D eigenvalue weighted by molar-refractivity contribution is -0.126. The van der Waals surface area contributed by atoms with Crippen molar-refractivity contribution >= 4 is 15.9 Å². The first kappa shape index (κ1) is 22.6. The Morgan fingerprint density at radius 2 is 1.71 bits per heavy atom. The van der Waals surface area contributed by atoms with Crippen LogP contribution in [0, 0.1) is 17.2 Å². The molecule has 1 amide bonds. The molecule has 0 unspecified atom stereocenters. The number of hydrogen-bond donors (Lipinski definition) is 1. The molecule has 3 rings (SSSR count). The van der Waals surface area contributed by atoms with E-state index >= 15 is 0 Å². The summed E-state index contributed by atoms with van der Waals surface area (Å²) in [5.41, 5.74) is 0.408. The third kappa shape index (κ3) is 5.75. The molecular formula is C22H25N3O5S. The Morgan fingerprint density at radius 3 is 2.29 bits per heavy atom. The van der Waals surface area contributed by atoms with Gasteiger partial charge in [-0.2, -0.15) is 9.57 Å². The maximum absolute atomic E-state index is 12.8. The van der Waals surface area contributed by atoms with E-state index in [1.165, 1.54) is 28.6 Å². The lowest BCUT2D eigenvalue weighted by atomic mass is 9.97. The summed E-state index contributed by atoms with van der Waals surface area (Å²) < 4.78 is 37.6. The fourth-order valence-corrected chi connectivity index (χ4v) is 4.84. The molecule has 0 bridgehead atoms. The van der Waals surface area contributed by atoms with E-state index < -0.39 is 10.0 Å². The van der Waals surface area contributed by atoms with Crippen molar-refractivity contribution in [2.45, 2.75) is 17.7 Å². The highest BCUT2D eigenvalue weighted by Crippen LogP contribution is 2.24. The number of nitrogens with one attached hydrogen (secondary N) is 1. The fraction of sp³-hybridized carbons (Fsp3) is 0.364. The van der Waals surface area contributed by atoms with Crippen molar-refractivity contribution in [2.24, 2.45) is 5.92 Å². The van der Waals surface area contributed by atoms with Gasteiger partial charge in [0.25, 0.3) is 0 Å². The van der Waals surface area contributed by atoms with Gasteiger partial charge in [0.1, 0.15) is 18.1 Å². The fourth-order valence-electron chi connectivity index (χ4n) is 3.37. The Labute approximate surface area is 182 Å². The van der Waals surface area contributed by atoms with Gasteiger partial charge in [0.2, 0.25) is 15.9 Å². The second-order valence-corrected chi connectivity index (χ2v) is 9.07. The van der Waals surface area contributed by atoms with Crippen LogP contribution in [0.5, 0.6) is 11.5 Å². The van der Waals surface area contributed by atoms with Gasteiger partial charge in [-0.1, -0.05) is 0 Å². The van der Waals surface area contributed by atoms with E-state index in [0.717, 1.165) is 5.75 Å². The molecule has 1 heterocycles. The Kier molecular flexibility index (Phi) is 7.50. The smallest absolute Gasteiger partial charge is 0.243 e. The SMILES string of the molecule is COc1ccc(OCCNC(=O)C2CCN(S(=O)(=O)c3ccc(C#N)cc3)CC2)cc1. The highest BCUT2D eigenvalue weighted by molar-refractivity contribution is 7.89. The predicted octanol–water partition coefficient (Wildman–Crippen LogP) is 2.16. The highest BCUT2D eigenvalue weighted by Gasteiger charge is 2.31. The number of benzene rings is 2. The molecule has 0 atom stereocenters. The minimum atomic E-state index is -3.63. The van der Waals surface area contributed by atoms with Gasteiger partial charge in [0, 0.05) is 19.0 Å². The second kappa shape index (κ2) is 10.3. The van der Waals surface area contributed by atoms with Gasteiger partial charge in [0.15, 0.2) is 0 Å². The van der Waals surface area contributed by atoms with E-state index in [2.05, 4.69) is 5.32 Å². The van der Waals surface area contributed by atoms with Crippen LogP contribution in [-0.4, -0.2) is 52.0 Å². The van der Waals surface area contributed by atoms with Crippen LogP contribution < -0.4 is 14.8 Å². The number of amides is 1. The van der Waals surface area contributed by atoms with Crippen LogP contribution in [0.25, 0.3) is 0 Å². The van der Waals surface area contributed by atoms with Gasteiger partial charge in [-0.05, 0) is 61.4 Å².